The second-order valence-electron chi connectivity index (χ2n) is 6.84. The minimum atomic E-state index is -4.86. The Morgan fingerprint density at radius 2 is 1.56 bits per heavy atom. The van der Waals surface area contributed by atoms with E-state index in [1.54, 1.807) is 0 Å². The van der Waals surface area contributed by atoms with Crippen molar-refractivity contribution in [3.63, 3.8) is 0 Å². The lowest BCUT2D eigenvalue weighted by molar-refractivity contribution is -0.141. The van der Waals surface area contributed by atoms with Crippen molar-refractivity contribution in [1.29, 1.82) is 0 Å². The van der Waals surface area contributed by atoms with Crippen LogP contribution in [0.4, 0.5) is 26.3 Å². The van der Waals surface area contributed by atoms with E-state index in [-0.39, 0.29) is 21.2 Å². The predicted molar refractivity (Wildman–Crippen MR) is 109 cm³/mol. The summed E-state index contributed by atoms with van der Waals surface area (Å²) in [5.74, 6) is -0.438. The molecule has 0 aliphatic rings. The Morgan fingerprint density at radius 1 is 0.882 bits per heavy atom. The van der Waals surface area contributed by atoms with Crippen molar-refractivity contribution >= 4 is 21.4 Å². The summed E-state index contributed by atoms with van der Waals surface area (Å²) < 4.78 is 103. The van der Waals surface area contributed by atoms with E-state index in [2.05, 4.69) is 15.0 Å². The second kappa shape index (κ2) is 8.18. The van der Waals surface area contributed by atoms with Gasteiger partial charge < -0.3 is 0 Å². The van der Waals surface area contributed by atoms with E-state index in [1.165, 1.54) is 18.3 Å². The number of hydrogen-bond acceptors (Lipinski definition) is 6. The third-order valence-corrected chi connectivity index (χ3v) is 6.99. The van der Waals surface area contributed by atoms with Gasteiger partial charge in [0.05, 0.1) is 21.8 Å². The van der Waals surface area contributed by atoms with Gasteiger partial charge >= 0.3 is 12.4 Å². The first-order valence-electron chi connectivity index (χ1n) is 9.03. The smallest absolute Gasteiger partial charge is 0.274 e. The number of nitrogens with zero attached hydrogens (tertiary/aromatic N) is 4. The summed E-state index contributed by atoms with van der Waals surface area (Å²) in [7, 11) is -3.94. The summed E-state index contributed by atoms with van der Waals surface area (Å²) in [4.78, 5) is 12.0. The van der Waals surface area contributed by atoms with E-state index in [1.807, 2.05) is 0 Å². The fraction of sp³-hybridized carbons (Fsp3) is 0.105. The van der Waals surface area contributed by atoms with Crippen molar-refractivity contribution in [2.24, 2.45) is 5.14 Å². The lowest BCUT2D eigenvalue weighted by Crippen LogP contribution is -2.12. The van der Waals surface area contributed by atoms with Gasteiger partial charge in [0.1, 0.15) is 10.5 Å². The quantitative estimate of drug-likeness (QED) is 0.392. The number of nitrogens with two attached hydrogens (primary N) is 1. The Labute approximate surface area is 191 Å². The SMILES string of the molecule is NS(=O)(=O)c1ccc(-c2cn(-c3nc(-c4ccc(C(F)(F)F)cc4)cc(C(F)(F)F)n3)cn2)s1. The molecule has 0 spiro atoms. The fourth-order valence-corrected chi connectivity index (χ4v) is 4.53. The third kappa shape index (κ3) is 4.95. The summed E-state index contributed by atoms with van der Waals surface area (Å²) in [6.45, 7) is 0. The fourth-order valence-electron chi connectivity index (χ4n) is 2.84. The van der Waals surface area contributed by atoms with Crippen LogP contribution in [-0.2, 0) is 22.4 Å². The Balaban J connectivity index is 1.76. The molecule has 2 N–H and O–H groups in total. The van der Waals surface area contributed by atoms with Gasteiger partial charge in [-0.05, 0) is 30.3 Å². The van der Waals surface area contributed by atoms with Crippen molar-refractivity contribution in [2.75, 3.05) is 0 Å². The Hall–Kier alpha value is -3.30. The molecule has 7 nitrogen and oxygen atoms in total. The molecule has 4 aromatic rings. The molecule has 0 aliphatic carbocycles. The van der Waals surface area contributed by atoms with Crippen molar-refractivity contribution < 1.29 is 34.8 Å². The normalized spacial score (nSPS) is 12.8. The molecule has 0 atom stereocenters. The van der Waals surface area contributed by atoms with Crippen molar-refractivity contribution in [2.45, 2.75) is 16.6 Å². The molecule has 3 aromatic heterocycles. The van der Waals surface area contributed by atoms with Gasteiger partial charge in [-0.3, -0.25) is 4.57 Å². The van der Waals surface area contributed by atoms with Gasteiger partial charge in [0.2, 0.25) is 16.0 Å². The highest BCUT2D eigenvalue weighted by molar-refractivity contribution is 7.91. The van der Waals surface area contributed by atoms with Crippen LogP contribution in [0.15, 0.2) is 59.2 Å². The molecule has 0 saturated carbocycles. The first-order chi connectivity index (χ1) is 15.7. The number of hydrogen-bond donors (Lipinski definition) is 1. The zero-order valence-corrected chi connectivity index (χ0v) is 18.1. The van der Waals surface area contributed by atoms with E-state index in [9.17, 15) is 34.8 Å². The van der Waals surface area contributed by atoms with Crippen LogP contribution in [0, 0.1) is 0 Å². The van der Waals surface area contributed by atoms with Gasteiger partial charge in [0, 0.05) is 11.8 Å². The third-order valence-electron chi connectivity index (χ3n) is 4.44. The van der Waals surface area contributed by atoms with E-state index >= 15 is 0 Å². The molecular weight excluding hydrogens is 508 g/mol. The van der Waals surface area contributed by atoms with Crippen LogP contribution in [0.1, 0.15) is 11.3 Å². The van der Waals surface area contributed by atoms with E-state index in [4.69, 9.17) is 5.14 Å². The van der Waals surface area contributed by atoms with Crippen molar-refractivity contribution in [1.82, 2.24) is 19.5 Å². The van der Waals surface area contributed by atoms with Crippen LogP contribution >= 0.6 is 11.3 Å². The molecule has 0 bridgehead atoms. The molecular formula is C19H11F6N5O2S2. The Bertz CT molecular complexity index is 1460. The van der Waals surface area contributed by atoms with Crippen LogP contribution in [0.25, 0.3) is 27.8 Å². The van der Waals surface area contributed by atoms with Crippen LogP contribution in [0.2, 0.25) is 0 Å². The number of benzene rings is 1. The Kier molecular flexibility index (Phi) is 5.73. The molecule has 34 heavy (non-hydrogen) atoms. The van der Waals surface area contributed by atoms with Gasteiger partial charge in [-0.15, -0.1) is 11.3 Å². The number of rotatable bonds is 4. The van der Waals surface area contributed by atoms with Crippen LogP contribution in [0.3, 0.4) is 0 Å². The second-order valence-corrected chi connectivity index (χ2v) is 9.71. The van der Waals surface area contributed by atoms with Crippen molar-refractivity contribution in [3.05, 3.63) is 66.2 Å². The molecule has 3 heterocycles. The van der Waals surface area contributed by atoms with Gasteiger partial charge in [0.15, 0.2) is 5.69 Å². The maximum absolute atomic E-state index is 13.5. The maximum Gasteiger partial charge on any atom is 0.433 e. The number of aromatic nitrogens is 4. The average molecular weight is 519 g/mol. The highest BCUT2D eigenvalue weighted by Gasteiger charge is 2.34. The van der Waals surface area contributed by atoms with Crippen molar-refractivity contribution in [3.8, 4) is 27.8 Å². The predicted octanol–water partition coefficient (Wildman–Crippen LogP) is 4.74. The first kappa shape index (κ1) is 23.8. The number of thiophene rings is 1. The molecule has 178 valence electrons. The van der Waals surface area contributed by atoms with E-state index < -0.39 is 39.6 Å². The topological polar surface area (TPSA) is 104 Å². The molecule has 15 heteroatoms. The molecule has 0 amide bonds. The molecule has 0 unspecified atom stereocenters. The van der Waals surface area contributed by atoms with Gasteiger partial charge in [-0.1, -0.05) is 12.1 Å². The highest BCUT2D eigenvalue weighted by Crippen LogP contribution is 2.34. The number of alkyl halides is 6. The molecule has 0 radical (unpaired) electrons. The van der Waals surface area contributed by atoms with Gasteiger partial charge in [-0.25, -0.2) is 28.5 Å². The number of halogens is 6. The minimum Gasteiger partial charge on any atom is -0.274 e. The largest absolute Gasteiger partial charge is 0.433 e. The monoisotopic (exact) mass is 519 g/mol. The summed E-state index contributed by atoms with van der Waals surface area (Å²) in [5, 5.41) is 5.07. The Morgan fingerprint density at radius 3 is 2.12 bits per heavy atom. The van der Waals surface area contributed by atoms with E-state index in [0.29, 0.717) is 10.9 Å². The zero-order valence-electron chi connectivity index (χ0n) is 16.5. The van der Waals surface area contributed by atoms with Crippen LogP contribution in [-0.4, -0.2) is 27.9 Å². The lowest BCUT2D eigenvalue weighted by Gasteiger charge is -2.12. The first-order valence-corrected chi connectivity index (χ1v) is 11.4. The zero-order chi connectivity index (χ0) is 24.9. The number of sulfonamides is 1. The van der Waals surface area contributed by atoms with Gasteiger partial charge in [0.25, 0.3) is 0 Å². The molecule has 0 fully saturated rings. The molecule has 4 rings (SSSR count). The van der Waals surface area contributed by atoms with Crippen LogP contribution < -0.4 is 5.14 Å². The summed E-state index contributed by atoms with van der Waals surface area (Å²) in [5.41, 5.74) is -2.30. The summed E-state index contributed by atoms with van der Waals surface area (Å²) >= 11 is 0.811. The molecule has 1 aromatic carbocycles. The van der Waals surface area contributed by atoms with E-state index in [0.717, 1.165) is 46.5 Å². The van der Waals surface area contributed by atoms with Gasteiger partial charge in [-0.2, -0.15) is 26.3 Å². The summed E-state index contributed by atoms with van der Waals surface area (Å²) in [6.07, 6.45) is -7.06. The minimum absolute atomic E-state index is 0.0125. The standard InChI is InChI=1S/C19H11F6N5O2S2/c20-18(21,22)11-3-1-10(2-4-11)12-7-15(19(23,24)25)29-17(28-12)30-8-13(27-9-30)14-5-6-16(33-14)34(26,31)32/h1-9H,(H2,26,31,32). The number of imidazole rings is 1. The molecule has 0 aliphatic heterocycles. The highest BCUT2D eigenvalue weighted by atomic mass is 32.2. The summed E-state index contributed by atoms with van der Waals surface area (Å²) in [6, 6.07) is 6.81. The number of primary sulfonamides is 1. The lowest BCUT2D eigenvalue weighted by atomic mass is 10.1. The van der Waals surface area contributed by atoms with Crippen LogP contribution in [0.5, 0.6) is 0 Å². The average Bonchev–Trinajstić information content (AvgIpc) is 3.42. The maximum atomic E-state index is 13.5. The molecule has 0 saturated heterocycles.